The molecule has 1 nitrogen and oxygen atoms in total. The van der Waals surface area contributed by atoms with E-state index in [1.807, 2.05) is 13.0 Å². The van der Waals surface area contributed by atoms with Crippen molar-refractivity contribution in [1.82, 2.24) is 5.32 Å². The van der Waals surface area contributed by atoms with Crippen molar-refractivity contribution in [2.45, 2.75) is 46.1 Å². The molecule has 1 rings (SSSR count). The average molecular weight is 223 g/mol. The second-order valence-corrected chi connectivity index (χ2v) is 4.42. The van der Waals surface area contributed by atoms with Crippen molar-refractivity contribution in [2.24, 2.45) is 0 Å². The predicted octanol–water partition coefficient (Wildman–Crippen LogP) is 3.45. The smallest absolute Gasteiger partial charge is 0.123 e. The predicted molar refractivity (Wildman–Crippen MR) is 67.2 cm³/mol. The maximum Gasteiger partial charge on any atom is 0.123 e. The van der Waals surface area contributed by atoms with E-state index < -0.39 is 0 Å². The van der Waals surface area contributed by atoms with Gasteiger partial charge in [-0.1, -0.05) is 13.0 Å². The SMILES string of the molecule is CCNC(C)CCCc1ccc(F)cc1C. The molecule has 0 fully saturated rings. The van der Waals surface area contributed by atoms with Gasteiger partial charge in [-0.3, -0.25) is 0 Å². The molecule has 1 atom stereocenters. The zero-order valence-corrected chi connectivity index (χ0v) is 10.5. The van der Waals surface area contributed by atoms with E-state index in [4.69, 9.17) is 0 Å². The molecule has 0 bridgehead atoms. The molecule has 0 aliphatic rings. The number of benzene rings is 1. The summed E-state index contributed by atoms with van der Waals surface area (Å²) in [7, 11) is 0. The molecular weight excluding hydrogens is 201 g/mol. The van der Waals surface area contributed by atoms with Gasteiger partial charge in [-0.05, 0) is 62.9 Å². The van der Waals surface area contributed by atoms with Crippen LogP contribution in [0.2, 0.25) is 0 Å². The molecule has 0 spiro atoms. The van der Waals surface area contributed by atoms with Crippen molar-refractivity contribution in [3.63, 3.8) is 0 Å². The highest BCUT2D eigenvalue weighted by atomic mass is 19.1. The average Bonchev–Trinajstić information content (AvgIpc) is 2.22. The minimum absolute atomic E-state index is 0.137. The van der Waals surface area contributed by atoms with Crippen molar-refractivity contribution in [2.75, 3.05) is 6.54 Å². The third kappa shape index (κ3) is 4.31. The molecule has 16 heavy (non-hydrogen) atoms. The summed E-state index contributed by atoms with van der Waals surface area (Å²) in [6.45, 7) is 7.34. The highest BCUT2D eigenvalue weighted by molar-refractivity contribution is 5.26. The van der Waals surface area contributed by atoms with E-state index in [2.05, 4.69) is 19.2 Å². The molecule has 1 unspecified atom stereocenters. The van der Waals surface area contributed by atoms with E-state index in [0.29, 0.717) is 6.04 Å². The quantitative estimate of drug-likeness (QED) is 0.779. The van der Waals surface area contributed by atoms with Crippen LogP contribution in [-0.4, -0.2) is 12.6 Å². The van der Waals surface area contributed by atoms with Gasteiger partial charge in [-0.15, -0.1) is 0 Å². The second kappa shape index (κ2) is 6.64. The van der Waals surface area contributed by atoms with Gasteiger partial charge in [0, 0.05) is 6.04 Å². The monoisotopic (exact) mass is 223 g/mol. The summed E-state index contributed by atoms with van der Waals surface area (Å²) in [5.41, 5.74) is 2.33. The van der Waals surface area contributed by atoms with Gasteiger partial charge in [-0.2, -0.15) is 0 Å². The highest BCUT2D eigenvalue weighted by Gasteiger charge is 2.02. The standard InChI is InChI=1S/C14H22FN/c1-4-16-12(3)6-5-7-13-8-9-14(15)10-11(13)2/h8-10,12,16H,4-7H2,1-3H3. The molecule has 0 aromatic heterocycles. The van der Waals surface area contributed by atoms with E-state index in [9.17, 15) is 4.39 Å². The zero-order valence-electron chi connectivity index (χ0n) is 10.5. The molecule has 90 valence electrons. The summed E-state index contributed by atoms with van der Waals surface area (Å²) in [6, 6.07) is 5.65. The van der Waals surface area contributed by atoms with Crippen LogP contribution >= 0.6 is 0 Å². The van der Waals surface area contributed by atoms with Crippen LogP contribution in [0.15, 0.2) is 18.2 Å². The first-order valence-corrected chi connectivity index (χ1v) is 6.12. The first-order chi connectivity index (χ1) is 7.63. The number of halogens is 1. The lowest BCUT2D eigenvalue weighted by Gasteiger charge is -2.12. The Hall–Kier alpha value is -0.890. The van der Waals surface area contributed by atoms with Gasteiger partial charge in [0.05, 0.1) is 0 Å². The number of rotatable bonds is 6. The molecule has 0 amide bonds. The van der Waals surface area contributed by atoms with Crippen LogP contribution in [-0.2, 0) is 6.42 Å². The Morgan fingerprint density at radius 1 is 1.38 bits per heavy atom. The number of nitrogens with one attached hydrogen (secondary N) is 1. The molecular formula is C14H22FN. The maximum atomic E-state index is 12.9. The van der Waals surface area contributed by atoms with Crippen molar-refractivity contribution >= 4 is 0 Å². The molecule has 0 aliphatic carbocycles. The van der Waals surface area contributed by atoms with Crippen molar-refractivity contribution in [3.05, 3.63) is 35.1 Å². The Kier molecular flexibility index (Phi) is 5.47. The second-order valence-electron chi connectivity index (χ2n) is 4.42. The Labute approximate surface area is 98.1 Å². The topological polar surface area (TPSA) is 12.0 Å². The molecule has 0 saturated heterocycles. The fourth-order valence-corrected chi connectivity index (χ4v) is 1.99. The van der Waals surface area contributed by atoms with E-state index in [1.54, 1.807) is 12.1 Å². The summed E-state index contributed by atoms with van der Waals surface area (Å²) in [4.78, 5) is 0. The van der Waals surface area contributed by atoms with E-state index in [-0.39, 0.29) is 5.82 Å². The van der Waals surface area contributed by atoms with Gasteiger partial charge >= 0.3 is 0 Å². The van der Waals surface area contributed by atoms with Crippen molar-refractivity contribution in [3.8, 4) is 0 Å². The Morgan fingerprint density at radius 2 is 2.12 bits per heavy atom. The van der Waals surface area contributed by atoms with Gasteiger partial charge in [-0.25, -0.2) is 4.39 Å². The van der Waals surface area contributed by atoms with E-state index in [1.165, 1.54) is 12.0 Å². The molecule has 2 heteroatoms. The normalized spacial score (nSPS) is 12.8. The summed E-state index contributed by atoms with van der Waals surface area (Å²) in [5.74, 6) is -0.137. The van der Waals surface area contributed by atoms with Crippen LogP contribution in [0.25, 0.3) is 0 Å². The minimum atomic E-state index is -0.137. The van der Waals surface area contributed by atoms with Crippen LogP contribution in [0, 0.1) is 12.7 Å². The first-order valence-electron chi connectivity index (χ1n) is 6.12. The molecule has 1 aromatic carbocycles. The highest BCUT2D eigenvalue weighted by Crippen LogP contribution is 2.13. The lowest BCUT2D eigenvalue weighted by atomic mass is 10.0. The van der Waals surface area contributed by atoms with Crippen LogP contribution in [0.3, 0.4) is 0 Å². The molecule has 0 heterocycles. The zero-order chi connectivity index (χ0) is 12.0. The fraction of sp³-hybridized carbons (Fsp3) is 0.571. The van der Waals surface area contributed by atoms with Crippen LogP contribution in [0.5, 0.6) is 0 Å². The molecule has 0 saturated carbocycles. The van der Waals surface area contributed by atoms with Crippen molar-refractivity contribution in [1.29, 1.82) is 0 Å². The van der Waals surface area contributed by atoms with Crippen LogP contribution < -0.4 is 5.32 Å². The Bertz CT molecular complexity index is 323. The molecule has 1 aromatic rings. The molecule has 1 N–H and O–H groups in total. The Balaban J connectivity index is 2.37. The third-order valence-corrected chi connectivity index (χ3v) is 2.94. The summed E-state index contributed by atoms with van der Waals surface area (Å²) < 4.78 is 12.9. The van der Waals surface area contributed by atoms with Gasteiger partial charge in [0.15, 0.2) is 0 Å². The third-order valence-electron chi connectivity index (χ3n) is 2.94. The van der Waals surface area contributed by atoms with Crippen LogP contribution in [0.1, 0.15) is 37.8 Å². The Morgan fingerprint density at radius 3 is 2.75 bits per heavy atom. The fourth-order valence-electron chi connectivity index (χ4n) is 1.99. The summed E-state index contributed by atoms with van der Waals surface area (Å²) >= 11 is 0. The van der Waals surface area contributed by atoms with E-state index in [0.717, 1.165) is 24.9 Å². The lowest BCUT2D eigenvalue weighted by Crippen LogP contribution is -2.25. The first kappa shape index (κ1) is 13.2. The van der Waals surface area contributed by atoms with Gasteiger partial charge in [0.25, 0.3) is 0 Å². The molecule has 0 aliphatic heterocycles. The van der Waals surface area contributed by atoms with E-state index >= 15 is 0 Å². The largest absolute Gasteiger partial charge is 0.315 e. The maximum absolute atomic E-state index is 12.9. The molecule has 0 radical (unpaired) electrons. The van der Waals surface area contributed by atoms with Crippen molar-refractivity contribution < 1.29 is 4.39 Å². The van der Waals surface area contributed by atoms with Gasteiger partial charge in [0.2, 0.25) is 0 Å². The number of aryl methyl sites for hydroxylation is 2. The number of hydrogen-bond donors (Lipinski definition) is 1. The summed E-state index contributed by atoms with van der Waals surface area (Å²) in [5, 5.41) is 3.40. The minimum Gasteiger partial charge on any atom is -0.315 e. The van der Waals surface area contributed by atoms with Gasteiger partial charge in [0.1, 0.15) is 5.82 Å². The van der Waals surface area contributed by atoms with Gasteiger partial charge < -0.3 is 5.32 Å². The lowest BCUT2D eigenvalue weighted by molar-refractivity contribution is 0.512. The number of hydrogen-bond acceptors (Lipinski definition) is 1. The van der Waals surface area contributed by atoms with Crippen LogP contribution in [0.4, 0.5) is 4.39 Å². The summed E-state index contributed by atoms with van der Waals surface area (Å²) in [6.07, 6.45) is 3.37.